The minimum Gasteiger partial charge on any atom is -0.512 e. The highest BCUT2D eigenvalue weighted by Gasteiger charge is 2.41. The molecule has 1 rings (SSSR count). The van der Waals surface area contributed by atoms with E-state index in [2.05, 4.69) is 0 Å². The molecule has 0 heterocycles. The fourth-order valence-electron chi connectivity index (χ4n) is 1.05. The number of rotatable bonds is 2. The van der Waals surface area contributed by atoms with Gasteiger partial charge in [0.2, 0.25) is 0 Å². The predicted octanol–water partition coefficient (Wildman–Crippen LogP) is -0.0774. The molecular formula is C7H7NO5. The summed E-state index contributed by atoms with van der Waals surface area (Å²) in [6, 6.07) is 0. The average molecular weight is 185 g/mol. The van der Waals surface area contributed by atoms with E-state index >= 15 is 0 Å². The van der Waals surface area contributed by atoms with Gasteiger partial charge in [0.05, 0.1) is 4.92 Å². The molecule has 0 spiro atoms. The van der Waals surface area contributed by atoms with E-state index in [-0.39, 0.29) is 11.3 Å². The van der Waals surface area contributed by atoms with Crippen molar-refractivity contribution in [2.24, 2.45) is 0 Å². The maximum Gasteiger partial charge on any atom is 0.350 e. The maximum atomic E-state index is 10.3. The summed E-state index contributed by atoms with van der Waals surface area (Å²) in [5, 5.41) is 28.6. The molecule has 6 nitrogen and oxygen atoms in total. The lowest BCUT2D eigenvalue weighted by Crippen LogP contribution is -2.38. The number of allylic oxidation sites excluding steroid dienone is 2. The van der Waals surface area contributed by atoms with Gasteiger partial charge in [0.15, 0.2) is 0 Å². The Morgan fingerprint density at radius 1 is 1.69 bits per heavy atom. The van der Waals surface area contributed by atoms with Crippen LogP contribution >= 0.6 is 0 Å². The molecular weight excluding hydrogens is 178 g/mol. The van der Waals surface area contributed by atoms with E-state index in [1.54, 1.807) is 0 Å². The normalized spacial score (nSPS) is 27.5. The fraction of sp³-hybridized carbons (Fsp3) is 0.286. The first-order chi connectivity index (χ1) is 5.98. The molecule has 0 fully saturated rings. The van der Waals surface area contributed by atoms with E-state index in [1.165, 1.54) is 0 Å². The van der Waals surface area contributed by atoms with Crippen LogP contribution in [0.25, 0.3) is 0 Å². The molecule has 0 aromatic carbocycles. The largest absolute Gasteiger partial charge is 0.512 e. The van der Waals surface area contributed by atoms with Crippen molar-refractivity contribution in [3.05, 3.63) is 33.6 Å². The van der Waals surface area contributed by atoms with E-state index in [1.807, 2.05) is 0 Å². The third-order valence-electron chi connectivity index (χ3n) is 1.62. The van der Waals surface area contributed by atoms with Gasteiger partial charge in [-0.15, -0.1) is 0 Å². The molecule has 0 aromatic heterocycles. The second kappa shape index (κ2) is 2.98. The van der Waals surface area contributed by atoms with Crippen LogP contribution in [0.3, 0.4) is 0 Å². The first kappa shape index (κ1) is 9.40. The van der Waals surface area contributed by atoms with Crippen LogP contribution < -0.4 is 0 Å². The number of aliphatic hydroxyl groups is 2. The summed E-state index contributed by atoms with van der Waals surface area (Å²) < 4.78 is 0. The molecule has 1 atom stereocenters. The van der Waals surface area contributed by atoms with Gasteiger partial charge >= 0.3 is 5.72 Å². The highest BCUT2D eigenvalue weighted by atomic mass is 16.7. The Bertz CT molecular complexity index is 319. The Morgan fingerprint density at radius 2 is 2.31 bits per heavy atom. The van der Waals surface area contributed by atoms with E-state index in [0.717, 1.165) is 12.2 Å². The van der Waals surface area contributed by atoms with Crippen LogP contribution in [-0.4, -0.2) is 27.1 Å². The van der Waals surface area contributed by atoms with Crippen LogP contribution in [-0.2, 0) is 4.79 Å². The monoisotopic (exact) mass is 185 g/mol. The molecule has 1 aliphatic carbocycles. The summed E-state index contributed by atoms with van der Waals surface area (Å²) in [7, 11) is 0. The van der Waals surface area contributed by atoms with Crippen molar-refractivity contribution in [1.82, 2.24) is 0 Å². The minimum absolute atomic E-state index is 0.108. The SMILES string of the molecule is O=CC1=CC(O)([N+](=O)[O-])CC(O)=C1. The van der Waals surface area contributed by atoms with Gasteiger partial charge in [0.25, 0.3) is 0 Å². The second-order valence-corrected chi connectivity index (χ2v) is 2.71. The van der Waals surface area contributed by atoms with Crippen LogP contribution in [0.1, 0.15) is 6.42 Å². The number of nitro groups is 1. The summed E-state index contributed by atoms with van der Waals surface area (Å²) in [6.45, 7) is 0. The van der Waals surface area contributed by atoms with Crippen molar-refractivity contribution in [3.63, 3.8) is 0 Å². The lowest BCUT2D eigenvalue weighted by atomic mass is 9.99. The average Bonchev–Trinajstić information content (AvgIpc) is 2.02. The maximum absolute atomic E-state index is 10.3. The van der Waals surface area contributed by atoms with Crippen molar-refractivity contribution in [2.45, 2.75) is 12.1 Å². The van der Waals surface area contributed by atoms with Crippen LogP contribution in [0.5, 0.6) is 0 Å². The third kappa shape index (κ3) is 1.73. The Morgan fingerprint density at radius 3 is 2.77 bits per heavy atom. The highest BCUT2D eigenvalue weighted by Crippen LogP contribution is 2.24. The lowest BCUT2D eigenvalue weighted by molar-refractivity contribution is -0.608. The molecule has 0 aromatic rings. The van der Waals surface area contributed by atoms with Crippen molar-refractivity contribution in [1.29, 1.82) is 0 Å². The zero-order chi connectivity index (χ0) is 10.1. The van der Waals surface area contributed by atoms with E-state index in [9.17, 15) is 20.0 Å². The van der Waals surface area contributed by atoms with Gasteiger partial charge in [-0.1, -0.05) is 0 Å². The van der Waals surface area contributed by atoms with Crippen LogP contribution in [0.2, 0.25) is 0 Å². The summed E-state index contributed by atoms with van der Waals surface area (Å²) in [6.07, 6.45) is 1.69. The van der Waals surface area contributed by atoms with Crippen molar-refractivity contribution in [3.8, 4) is 0 Å². The number of carbonyl (C=O) groups is 1. The number of nitrogens with zero attached hydrogens (tertiary/aromatic N) is 1. The molecule has 1 unspecified atom stereocenters. The third-order valence-corrected chi connectivity index (χ3v) is 1.62. The van der Waals surface area contributed by atoms with E-state index < -0.39 is 17.1 Å². The van der Waals surface area contributed by atoms with Crippen LogP contribution in [0, 0.1) is 10.1 Å². The summed E-state index contributed by atoms with van der Waals surface area (Å²) in [5.74, 6) is -0.385. The van der Waals surface area contributed by atoms with Crippen LogP contribution in [0.4, 0.5) is 0 Å². The minimum atomic E-state index is -2.37. The van der Waals surface area contributed by atoms with Crippen molar-refractivity contribution >= 4 is 6.29 Å². The van der Waals surface area contributed by atoms with Crippen LogP contribution in [0.15, 0.2) is 23.5 Å². The molecule has 1 aliphatic rings. The molecule has 0 radical (unpaired) electrons. The Labute approximate surface area is 72.9 Å². The molecule has 6 heteroatoms. The van der Waals surface area contributed by atoms with Gasteiger partial charge in [-0.05, 0) is 6.08 Å². The van der Waals surface area contributed by atoms with Gasteiger partial charge in [0, 0.05) is 11.6 Å². The quantitative estimate of drug-likeness (QED) is 0.271. The fourth-order valence-corrected chi connectivity index (χ4v) is 1.05. The molecule has 13 heavy (non-hydrogen) atoms. The summed E-state index contributed by atoms with van der Waals surface area (Å²) >= 11 is 0. The number of hydrogen-bond acceptors (Lipinski definition) is 5. The molecule has 70 valence electrons. The van der Waals surface area contributed by atoms with Gasteiger partial charge in [-0.25, -0.2) is 0 Å². The first-order valence-corrected chi connectivity index (χ1v) is 3.42. The highest BCUT2D eigenvalue weighted by molar-refractivity contribution is 5.78. The number of aliphatic hydroxyl groups excluding tert-OH is 1. The molecule has 0 saturated carbocycles. The van der Waals surface area contributed by atoms with Gasteiger partial charge < -0.3 is 10.2 Å². The van der Waals surface area contributed by atoms with E-state index in [4.69, 9.17) is 5.11 Å². The van der Waals surface area contributed by atoms with E-state index in [0.29, 0.717) is 6.29 Å². The molecule has 2 N–H and O–H groups in total. The molecule has 0 amide bonds. The van der Waals surface area contributed by atoms with Gasteiger partial charge in [0.1, 0.15) is 18.5 Å². The lowest BCUT2D eigenvalue weighted by Gasteiger charge is -2.18. The van der Waals surface area contributed by atoms with Gasteiger partial charge in [-0.2, -0.15) is 0 Å². The first-order valence-electron chi connectivity index (χ1n) is 3.42. The summed E-state index contributed by atoms with van der Waals surface area (Å²) in [4.78, 5) is 19.6. The topological polar surface area (TPSA) is 101 Å². The zero-order valence-corrected chi connectivity index (χ0v) is 6.51. The number of hydrogen-bond donors (Lipinski definition) is 2. The Hall–Kier alpha value is -1.69. The molecule has 0 bridgehead atoms. The second-order valence-electron chi connectivity index (χ2n) is 2.71. The van der Waals surface area contributed by atoms with Gasteiger partial charge in [-0.3, -0.25) is 14.9 Å². The summed E-state index contributed by atoms with van der Waals surface area (Å²) in [5.41, 5.74) is -2.47. The van der Waals surface area contributed by atoms with Crippen molar-refractivity contribution in [2.75, 3.05) is 0 Å². The predicted molar refractivity (Wildman–Crippen MR) is 41.4 cm³/mol. The Kier molecular flexibility index (Phi) is 2.16. The Balaban J connectivity index is 3.08. The number of carbonyl (C=O) groups excluding carboxylic acids is 1. The molecule has 0 saturated heterocycles. The number of aldehydes is 1. The zero-order valence-electron chi connectivity index (χ0n) is 6.51. The molecule has 0 aliphatic heterocycles. The van der Waals surface area contributed by atoms with Crippen molar-refractivity contribution < 1.29 is 19.9 Å². The standard InChI is InChI=1S/C7H7NO5/c9-4-5-1-6(10)3-7(11,2-5)8(12)13/h1-2,4,10-11H,3H2. The smallest absolute Gasteiger partial charge is 0.350 e.